The molecule has 0 aliphatic carbocycles. The number of nitrogen functional groups attached to an aromatic ring is 1. The van der Waals surface area contributed by atoms with E-state index in [1.54, 1.807) is 25.2 Å². The number of benzene rings is 3. The second-order valence-electron chi connectivity index (χ2n) is 8.28. The third kappa shape index (κ3) is 4.11. The normalized spacial score (nSPS) is 15.3. The molecule has 0 radical (unpaired) electrons. The van der Waals surface area contributed by atoms with Gasteiger partial charge in [-0.15, -0.1) is 0 Å². The van der Waals surface area contributed by atoms with E-state index in [4.69, 9.17) is 20.2 Å². The number of ether oxygens (including phenoxy) is 2. The lowest BCUT2D eigenvalue weighted by Gasteiger charge is -2.26. The summed E-state index contributed by atoms with van der Waals surface area (Å²) in [6, 6.07) is 19.1. The summed E-state index contributed by atoms with van der Waals surface area (Å²) in [7, 11) is -0.385. The fraction of sp³-hybridized carbons (Fsp3) is 0.200. The van der Waals surface area contributed by atoms with Gasteiger partial charge in [0.05, 0.1) is 31.4 Å². The highest BCUT2D eigenvalue weighted by molar-refractivity contribution is 7.88. The van der Waals surface area contributed by atoms with Crippen LogP contribution in [0.2, 0.25) is 0 Å². The van der Waals surface area contributed by atoms with Crippen LogP contribution >= 0.6 is 0 Å². The average Bonchev–Trinajstić information content (AvgIpc) is 3.20. The summed E-state index contributed by atoms with van der Waals surface area (Å²) in [5, 5.41) is 0.627. The number of rotatable bonds is 6. The van der Waals surface area contributed by atoms with Gasteiger partial charge in [0, 0.05) is 18.2 Å². The second-order valence-corrected chi connectivity index (χ2v) is 10.1. The van der Waals surface area contributed by atoms with Crippen molar-refractivity contribution in [3.8, 4) is 22.6 Å². The molecule has 0 saturated heterocycles. The first-order valence-corrected chi connectivity index (χ1v) is 12.8. The predicted octanol–water partition coefficient (Wildman–Crippen LogP) is 3.46. The van der Waals surface area contributed by atoms with Crippen molar-refractivity contribution in [3.05, 3.63) is 71.8 Å². The van der Waals surface area contributed by atoms with Crippen molar-refractivity contribution < 1.29 is 17.9 Å². The number of aromatic nitrogens is 2. The zero-order valence-electron chi connectivity index (χ0n) is 19.5. The smallest absolute Gasteiger partial charge is 0.229 e. The number of sulfonamides is 1. The van der Waals surface area contributed by atoms with Crippen LogP contribution in [0.1, 0.15) is 17.3 Å². The minimum absolute atomic E-state index is 0.249. The molecule has 4 aromatic rings. The SMILES string of the molecule is COc1cc2nc(N3Cc4ccccc4C3NS(C)(=O)=O)nc(N)c2c(-c2ccccc2)c1OC. The van der Waals surface area contributed by atoms with Crippen molar-refractivity contribution >= 4 is 32.7 Å². The zero-order chi connectivity index (χ0) is 24.7. The van der Waals surface area contributed by atoms with Crippen LogP contribution in [0.15, 0.2) is 60.7 Å². The van der Waals surface area contributed by atoms with E-state index in [0.29, 0.717) is 34.9 Å². The van der Waals surface area contributed by atoms with Crippen molar-refractivity contribution in [2.24, 2.45) is 0 Å². The third-order valence-corrected chi connectivity index (χ3v) is 6.64. The lowest BCUT2D eigenvalue weighted by Crippen LogP contribution is -2.37. The van der Waals surface area contributed by atoms with Gasteiger partial charge >= 0.3 is 0 Å². The van der Waals surface area contributed by atoms with Gasteiger partial charge in [-0.25, -0.2) is 13.4 Å². The van der Waals surface area contributed by atoms with E-state index in [0.717, 1.165) is 28.5 Å². The minimum Gasteiger partial charge on any atom is -0.493 e. The standard InChI is InChI=1S/C25H25N5O4S/c1-33-19-13-18-21(20(22(19)34-2)15-9-5-4-6-10-15)23(26)28-25(27-18)30-14-16-11-7-8-12-17(16)24(30)29-35(3,31)32/h4-13,24,29H,14H2,1-3H3,(H2,26,27,28). The molecule has 1 aliphatic heterocycles. The summed E-state index contributed by atoms with van der Waals surface area (Å²) < 4.78 is 38.4. The molecule has 0 bridgehead atoms. The molecule has 3 N–H and O–H groups in total. The molecule has 0 spiro atoms. The van der Waals surface area contributed by atoms with E-state index < -0.39 is 16.2 Å². The number of hydrogen-bond donors (Lipinski definition) is 2. The lowest BCUT2D eigenvalue weighted by molar-refractivity contribution is 0.357. The molecule has 35 heavy (non-hydrogen) atoms. The highest BCUT2D eigenvalue weighted by Crippen LogP contribution is 2.46. The Morgan fingerprint density at radius 2 is 1.74 bits per heavy atom. The van der Waals surface area contributed by atoms with Crippen LogP contribution in [0, 0.1) is 0 Å². The van der Waals surface area contributed by atoms with Crippen LogP contribution in [0.3, 0.4) is 0 Å². The number of nitrogens with zero attached hydrogens (tertiary/aromatic N) is 3. The fourth-order valence-electron chi connectivity index (χ4n) is 4.54. The van der Waals surface area contributed by atoms with Crippen molar-refractivity contribution in [2.75, 3.05) is 31.1 Å². The average molecular weight is 492 g/mol. The molecule has 1 aliphatic rings. The van der Waals surface area contributed by atoms with Gasteiger partial charge in [0.25, 0.3) is 0 Å². The van der Waals surface area contributed by atoms with Gasteiger partial charge in [-0.2, -0.15) is 9.71 Å². The molecule has 9 nitrogen and oxygen atoms in total. The third-order valence-electron chi connectivity index (χ3n) is 5.99. The number of methoxy groups -OCH3 is 2. The summed E-state index contributed by atoms with van der Waals surface area (Å²) in [5.74, 6) is 1.58. The van der Waals surface area contributed by atoms with Crippen LogP contribution < -0.4 is 24.8 Å². The topological polar surface area (TPSA) is 120 Å². The van der Waals surface area contributed by atoms with Crippen LogP contribution in [0.25, 0.3) is 22.0 Å². The highest BCUT2D eigenvalue weighted by Gasteiger charge is 2.34. The van der Waals surface area contributed by atoms with E-state index in [2.05, 4.69) is 9.71 Å². The first kappa shape index (κ1) is 22.9. The van der Waals surface area contributed by atoms with Crippen LogP contribution in [-0.2, 0) is 16.6 Å². The number of hydrogen-bond acceptors (Lipinski definition) is 8. The van der Waals surface area contributed by atoms with Crippen LogP contribution in [-0.4, -0.2) is 38.9 Å². The molecule has 3 aromatic carbocycles. The predicted molar refractivity (Wildman–Crippen MR) is 136 cm³/mol. The maximum absolute atomic E-state index is 12.2. The second kappa shape index (κ2) is 8.71. The molecule has 0 amide bonds. The number of nitrogens with one attached hydrogen (secondary N) is 1. The quantitative estimate of drug-likeness (QED) is 0.421. The number of fused-ring (bicyclic) bond motifs is 2. The molecule has 5 rings (SSSR count). The summed E-state index contributed by atoms with van der Waals surface area (Å²) in [6.07, 6.45) is 0.470. The molecule has 2 heterocycles. The molecule has 0 saturated carbocycles. The van der Waals surface area contributed by atoms with Gasteiger partial charge < -0.3 is 20.1 Å². The minimum atomic E-state index is -3.52. The first-order valence-electron chi connectivity index (χ1n) is 10.9. The molecule has 1 atom stereocenters. The Morgan fingerprint density at radius 3 is 2.43 bits per heavy atom. The zero-order valence-corrected chi connectivity index (χ0v) is 20.3. The van der Waals surface area contributed by atoms with Crippen LogP contribution in [0.4, 0.5) is 11.8 Å². The molecular weight excluding hydrogens is 466 g/mol. The maximum Gasteiger partial charge on any atom is 0.229 e. The largest absolute Gasteiger partial charge is 0.493 e. The Morgan fingerprint density at radius 1 is 1.03 bits per heavy atom. The number of anilines is 2. The van der Waals surface area contributed by atoms with Gasteiger partial charge in [-0.1, -0.05) is 54.6 Å². The molecule has 10 heteroatoms. The maximum atomic E-state index is 12.2. The fourth-order valence-corrected chi connectivity index (χ4v) is 5.20. The Hall–Kier alpha value is -3.89. The van der Waals surface area contributed by atoms with Gasteiger partial charge in [0.2, 0.25) is 16.0 Å². The van der Waals surface area contributed by atoms with Gasteiger partial charge in [0.15, 0.2) is 11.5 Å². The Balaban J connectivity index is 1.73. The summed E-state index contributed by atoms with van der Waals surface area (Å²) in [5.41, 5.74) is 10.5. The number of nitrogens with two attached hydrogens (primary N) is 1. The van der Waals surface area contributed by atoms with Crippen LogP contribution in [0.5, 0.6) is 11.5 Å². The monoisotopic (exact) mass is 491 g/mol. The molecule has 1 aromatic heterocycles. The van der Waals surface area contributed by atoms with E-state index in [-0.39, 0.29) is 5.82 Å². The van der Waals surface area contributed by atoms with Gasteiger partial charge in [-0.05, 0) is 16.7 Å². The summed E-state index contributed by atoms with van der Waals surface area (Å²) >= 11 is 0. The molecule has 0 fully saturated rings. The van der Waals surface area contributed by atoms with E-state index >= 15 is 0 Å². The van der Waals surface area contributed by atoms with Crippen molar-refractivity contribution in [1.82, 2.24) is 14.7 Å². The Bertz CT molecular complexity index is 1530. The summed E-state index contributed by atoms with van der Waals surface area (Å²) in [6.45, 7) is 0.424. The molecular formula is C25H25N5O4S. The molecule has 180 valence electrons. The van der Waals surface area contributed by atoms with Crippen molar-refractivity contribution in [3.63, 3.8) is 0 Å². The lowest BCUT2D eigenvalue weighted by atomic mass is 9.99. The summed E-state index contributed by atoms with van der Waals surface area (Å²) in [4.78, 5) is 11.2. The Labute approximate surface area is 203 Å². The van der Waals surface area contributed by atoms with Crippen molar-refractivity contribution in [2.45, 2.75) is 12.7 Å². The first-order chi connectivity index (χ1) is 16.8. The Kier molecular flexibility index (Phi) is 5.70. The van der Waals surface area contributed by atoms with E-state index in [1.807, 2.05) is 54.6 Å². The van der Waals surface area contributed by atoms with Gasteiger partial charge in [-0.3, -0.25) is 0 Å². The van der Waals surface area contributed by atoms with E-state index in [9.17, 15) is 8.42 Å². The van der Waals surface area contributed by atoms with Gasteiger partial charge in [0.1, 0.15) is 12.0 Å². The van der Waals surface area contributed by atoms with E-state index in [1.165, 1.54) is 0 Å². The van der Waals surface area contributed by atoms with Crippen molar-refractivity contribution in [1.29, 1.82) is 0 Å². The molecule has 1 unspecified atom stereocenters. The highest BCUT2D eigenvalue weighted by atomic mass is 32.2.